The van der Waals surface area contributed by atoms with Gasteiger partial charge >= 0.3 is 0 Å². The highest BCUT2D eigenvalue weighted by Gasteiger charge is 2.12. The normalized spacial score (nSPS) is 11.0. The van der Waals surface area contributed by atoms with Crippen LogP contribution >= 0.6 is 0 Å². The van der Waals surface area contributed by atoms with Crippen LogP contribution in [0.1, 0.15) is 28.1 Å². The molecule has 0 unspecified atom stereocenters. The van der Waals surface area contributed by atoms with Crippen LogP contribution in [0.2, 0.25) is 0 Å². The number of carbonyl (C=O) groups is 1. The van der Waals surface area contributed by atoms with Gasteiger partial charge in [0.15, 0.2) is 6.61 Å². The minimum absolute atomic E-state index is 0.00941. The second kappa shape index (κ2) is 11.1. The van der Waals surface area contributed by atoms with Gasteiger partial charge in [0.05, 0.1) is 17.6 Å². The summed E-state index contributed by atoms with van der Waals surface area (Å²) in [7, 11) is 0. The molecule has 0 saturated heterocycles. The largest absolute Gasteiger partial charge is 0.492 e. The molecule has 3 aromatic carbocycles. The van der Waals surface area contributed by atoms with E-state index < -0.39 is 0 Å². The van der Waals surface area contributed by atoms with Gasteiger partial charge < -0.3 is 19.4 Å². The van der Waals surface area contributed by atoms with E-state index >= 15 is 0 Å². The van der Waals surface area contributed by atoms with Gasteiger partial charge in [-0.3, -0.25) is 4.79 Å². The summed E-state index contributed by atoms with van der Waals surface area (Å²) in [5.74, 6) is 2.39. The van der Waals surface area contributed by atoms with Crippen molar-refractivity contribution in [3.63, 3.8) is 0 Å². The van der Waals surface area contributed by atoms with E-state index in [4.69, 9.17) is 14.5 Å². The van der Waals surface area contributed by atoms with Crippen molar-refractivity contribution in [2.75, 3.05) is 19.8 Å². The average Bonchev–Trinajstić information content (AvgIpc) is 3.19. The summed E-state index contributed by atoms with van der Waals surface area (Å²) in [5, 5.41) is 2.95. The molecule has 6 nitrogen and oxygen atoms in total. The molecule has 0 radical (unpaired) electrons. The lowest BCUT2D eigenvalue weighted by Gasteiger charge is -2.13. The number of carbonyl (C=O) groups excluding carboxylic acids is 1. The zero-order valence-electron chi connectivity index (χ0n) is 20.9. The lowest BCUT2D eigenvalue weighted by molar-refractivity contribution is -0.123. The van der Waals surface area contributed by atoms with Crippen molar-refractivity contribution in [3.8, 4) is 11.5 Å². The summed E-state index contributed by atoms with van der Waals surface area (Å²) in [4.78, 5) is 17.2. The van der Waals surface area contributed by atoms with Crippen molar-refractivity contribution in [1.82, 2.24) is 14.9 Å². The van der Waals surface area contributed by atoms with Crippen LogP contribution in [0.3, 0.4) is 0 Å². The van der Waals surface area contributed by atoms with Crippen LogP contribution in [0.4, 0.5) is 0 Å². The summed E-state index contributed by atoms with van der Waals surface area (Å²) in [6.07, 6.45) is 0.619. The average molecular weight is 472 g/mol. The molecule has 0 aliphatic carbocycles. The van der Waals surface area contributed by atoms with Crippen molar-refractivity contribution in [2.24, 2.45) is 0 Å². The number of fused-ring (bicyclic) bond motifs is 1. The predicted molar refractivity (Wildman–Crippen MR) is 139 cm³/mol. The minimum Gasteiger partial charge on any atom is -0.492 e. The van der Waals surface area contributed by atoms with Crippen molar-refractivity contribution in [2.45, 2.75) is 40.7 Å². The van der Waals surface area contributed by atoms with Crippen LogP contribution in [-0.2, 0) is 17.8 Å². The monoisotopic (exact) mass is 471 g/mol. The molecule has 0 atom stereocenters. The van der Waals surface area contributed by atoms with E-state index in [0.29, 0.717) is 26.1 Å². The number of amides is 1. The molecule has 1 amide bonds. The molecule has 0 bridgehead atoms. The number of hydrogen-bond donors (Lipinski definition) is 1. The van der Waals surface area contributed by atoms with Gasteiger partial charge in [-0.05, 0) is 80.3 Å². The molecule has 1 aromatic heterocycles. The lowest BCUT2D eigenvalue weighted by atomic mass is 10.1. The Balaban J connectivity index is 1.34. The Morgan fingerprint density at radius 2 is 1.71 bits per heavy atom. The van der Waals surface area contributed by atoms with Crippen LogP contribution in [-0.4, -0.2) is 35.2 Å². The third kappa shape index (κ3) is 6.21. The number of nitrogens with zero attached hydrogens (tertiary/aromatic N) is 2. The summed E-state index contributed by atoms with van der Waals surface area (Å²) in [6.45, 7) is 9.84. The Hall–Kier alpha value is -3.80. The topological polar surface area (TPSA) is 65.4 Å². The molecule has 1 heterocycles. The molecule has 0 saturated carbocycles. The van der Waals surface area contributed by atoms with E-state index in [-0.39, 0.29) is 12.5 Å². The van der Waals surface area contributed by atoms with Crippen LogP contribution in [0.15, 0.2) is 60.7 Å². The maximum Gasteiger partial charge on any atom is 0.257 e. The van der Waals surface area contributed by atoms with E-state index in [1.165, 1.54) is 11.1 Å². The van der Waals surface area contributed by atoms with Gasteiger partial charge in [0.25, 0.3) is 5.91 Å². The minimum atomic E-state index is -0.147. The smallest absolute Gasteiger partial charge is 0.257 e. The zero-order chi connectivity index (χ0) is 24.8. The number of rotatable bonds is 10. The van der Waals surface area contributed by atoms with E-state index in [1.807, 2.05) is 56.3 Å². The van der Waals surface area contributed by atoms with Crippen molar-refractivity contribution in [3.05, 3.63) is 88.7 Å². The Morgan fingerprint density at radius 1 is 0.914 bits per heavy atom. The first-order chi connectivity index (χ1) is 16.9. The molecule has 1 N–H and O–H groups in total. The first-order valence-corrected chi connectivity index (χ1v) is 12.0. The standard InChI is InChI=1S/C29H33N3O3/c1-20-9-10-22(3)27(17-20)35-19-29(33)30-14-13-28-31-25-7-5-6-8-26(25)32(28)15-16-34-24-12-11-21(2)23(4)18-24/h5-12,17-18H,13-16,19H2,1-4H3,(H,30,33). The maximum absolute atomic E-state index is 12.4. The number of hydrogen-bond acceptors (Lipinski definition) is 4. The highest BCUT2D eigenvalue weighted by molar-refractivity contribution is 5.78. The van der Waals surface area contributed by atoms with Crippen LogP contribution in [0.5, 0.6) is 11.5 Å². The quantitative estimate of drug-likeness (QED) is 0.350. The fourth-order valence-electron chi connectivity index (χ4n) is 4.00. The number of benzene rings is 3. The van der Waals surface area contributed by atoms with Gasteiger partial charge in [0, 0.05) is 13.0 Å². The molecule has 0 aliphatic heterocycles. The molecule has 0 aliphatic rings. The Labute approximate surface area is 206 Å². The van der Waals surface area contributed by atoms with E-state index in [2.05, 4.69) is 41.9 Å². The second-order valence-corrected chi connectivity index (χ2v) is 8.92. The van der Waals surface area contributed by atoms with E-state index in [9.17, 15) is 4.79 Å². The Kier molecular flexibility index (Phi) is 7.70. The van der Waals surface area contributed by atoms with Gasteiger partial charge in [0.1, 0.15) is 23.9 Å². The second-order valence-electron chi connectivity index (χ2n) is 8.92. The Morgan fingerprint density at radius 3 is 2.54 bits per heavy atom. The highest BCUT2D eigenvalue weighted by Crippen LogP contribution is 2.20. The van der Waals surface area contributed by atoms with Crippen LogP contribution < -0.4 is 14.8 Å². The molecule has 182 valence electrons. The highest BCUT2D eigenvalue weighted by atomic mass is 16.5. The molecular formula is C29H33N3O3. The van der Waals surface area contributed by atoms with Crippen LogP contribution in [0, 0.1) is 27.7 Å². The third-order valence-corrected chi connectivity index (χ3v) is 6.17. The third-order valence-electron chi connectivity index (χ3n) is 6.17. The number of imidazole rings is 1. The van der Waals surface area contributed by atoms with Gasteiger partial charge in [-0.1, -0.05) is 30.3 Å². The number of para-hydroxylation sites is 2. The first kappa shape index (κ1) is 24.3. The van der Waals surface area contributed by atoms with Gasteiger partial charge in [0.2, 0.25) is 0 Å². The number of aromatic nitrogens is 2. The van der Waals surface area contributed by atoms with Gasteiger partial charge in [-0.15, -0.1) is 0 Å². The molecule has 35 heavy (non-hydrogen) atoms. The number of ether oxygens (including phenoxy) is 2. The lowest BCUT2D eigenvalue weighted by Crippen LogP contribution is -2.31. The maximum atomic E-state index is 12.4. The summed E-state index contributed by atoms with van der Waals surface area (Å²) in [6, 6.07) is 20.2. The fraction of sp³-hybridized carbons (Fsp3) is 0.310. The van der Waals surface area contributed by atoms with E-state index in [1.54, 1.807) is 0 Å². The first-order valence-electron chi connectivity index (χ1n) is 12.0. The zero-order valence-corrected chi connectivity index (χ0v) is 20.9. The van der Waals surface area contributed by atoms with Gasteiger partial charge in [-0.2, -0.15) is 0 Å². The van der Waals surface area contributed by atoms with Crippen molar-refractivity contribution >= 4 is 16.9 Å². The van der Waals surface area contributed by atoms with Crippen LogP contribution in [0.25, 0.3) is 11.0 Å². The number of nitrogens with one attached hydrogen (secondary N) is 1. The molecule has 4 rings (SSSR count). The number of aryl methyl sites for hydroxylation is 4. The fourth-order valence-corrected chi connectivity index (χ4v) is 4.00. The van der Waals surface area contributed by atoms with E-state index in [0.717, 1.165) is 39.5 Å². The summed E-state index contributed by atoms with van der Waals surface area (Å²) < 4.78 is 13.9. The SMILES string of the molecule is Cc1ccc(C)c(OCC(=O)NCCc2nc3ccccc3n2CCOc2ccc(C)c(C)c2)c1. The molecule has 0 fully saturated rings. The molecular weight excluding hydrogens is 438 g/mol. The Bertz CT molecular complexity index is 1330. The summed E-state index contributed by atoms with van der Waals surface area (Å²) >= 11 is 0. The molecule has 4 aromatic rings. The summed E-state index contributed by atoms with van der Waals surface area (Å²) in [5.41, 5.74) is 6.59. The van der Waals surface area contributed by atoms with Crippen molar-refractivity contribution in [1.29, 1.82) is 0 Å². The molecule has 0 spiro atoms. The predicted octanol–water partition coefficient (Wildman–Crippen LogP) is 5.09. The molecule has 6 heteroatoms. The van der Waals surface area contributed by atoms with Crippen molar-refractivity contribution < 1.29 is 14.3 Å². The van der Waals surface area contributed by atoms with Gasteiger partial charge in [-0.25, -0.2) is 4.98 Å².